The van der Waals surface area contributed by atoms with Gasteiger partial charge in [-0.25, -0.2) is 0 Å². The van der Waals surface area contributed by atoms with Crippen molar-refractivity contribution in [3.8, 4) is 0 Å². The first kappa shape index (κ1) is 11.8. The van der Waals surface area contributed by atoms with Gasteiger partial charge in [0.25, 0.3) is 0 Å². The van der Waals surface area contributed by atoms with Crippen LogP contribution in [0.1, 0.15) is 6.92 Å². The third-order valence-corrected chi connectivity index (χ3v) is 1.44. The van der Waals surface area contributed by atoms with Crippen molar-refractivity contribution >= 4 is 6.21 Å². The molecule has 1 aliphatic heterocycles. The molecule has 0 bridgehead atoms. The number of nitrogens with zero attached hydrogens (tertiary/aromatic N) is 1. The highest BCUT2D eigenvalue weighted by Gasteiger charge is 2.53. The van der Waals surface area contributed by atoms with Crippen molar-refractivity contribution in [2.24, 2.45) is 0 Å². The monoisotopic (exact) mass is 227 g/mol. The summed E-state index contributed by atoms with van der Waals surface area (Å²) in [6.45, 7) is 1.13. The minimum atomic E-state index is -5.16. The van der Waals surface area contributed by atoms with E-state index in [1.807, 2.05) is 0 Å². The van der Waals surface area contributed by atoms with Crippen LogP contribution in [0.25, 0.3) is 0 Å². The topological polar surface area (TPSA) is 14.1 Å². The lowest BCUT2D eigenvalue weighted by Gasteiger charge is -2.09. The first-order valence-electron chi connectivity index (χ1n) is 3.58. The predicted molar refractivity (Wildman–Crippen MR) is 38.7 cm³/mol. The molecular formula is C8H3F6N+. The maximum Gasteiger partial charge on any atom is 0.485 e. The fourth-order valence-corrected chi connectivity index (χ4v) is 0.881. The smallest absolute Gasteiger partial charge is 0.166 e. The van der Waals surface area contributed by atoms with Crippen molar-refractivity contribution in [2.75, 3.05) is 0 Å². The molecule has 0 aliphatic carbocycles. The maximum atomic E-state index is 12.2. The van der Waals surface area contributed by atoms with Crippen molar-refractivity contribution < 1.29 is 26.3 Å². The Morgan fingerprint density at radius 1 is 1.00 bits per heavy atom. The zero-order valence-corrected chi connectivity index (χ0v) is 7.22. The van der Waals surface area contributed by atoms with Gasteiger partial charge in [0.2, 0.25) is 0 Å². The molecule has 1 rings (SSSR count). The van der Waals surface area contributed by atoms with Gasteiger partial charge in [0.15, 0.2) is 0 Å². The van der Waals surface area contributed by atoms with E-state index in [1.165, 1.54) is 0 Å². The number of hydrogen-bond acceptors (Lipinski definition) is 1. The summed E-state index contributed by atoms with van der Waals surface area (Å²) in [7, 11) is 0. The Bertz CT molecular complexity index is 354. The molecule has 0 saturated heterocycles. The lowest BCUT2D eigenvalue weighted by Crippen LogP contribution is -2.27. The number of rotatable bonds is 0. The van der Waals surface area contributed by atoms with Gasteiger partial charge in [0, 0.05) is 11.6 Å². The van der Waals surface area contributed by atoms with Gasteiger partial charge in [-0.1, -0.05) is 0 Å². The first-order valence-corrected chi connectivity index (χ1v) is 3.58. The first-order chi connectivity index (χ1) is 6.62. The number of halogens is 6. The van der Waals surface area contributed by atoms with Crippen molar-refractivity contribution in [2.45, 2.75) is 19.3 Å². The van der Waals surface area contributed by atoms with Crippen LogP contribution in [0, 0.1) is 6.08 Å². The molecule has 0 amide bonds. The average molecular weight is 227 g/mol. The normalized spacial score (nSPS) is 18.2. The van der Waals surface area contributed by atoms with E-state index in [9.17, 15) is 26.3 Å². The van der Waals surface area contributed by atoms with Crippen molar-refractivity contribution in [3.63, 3.8) is 0 Å². The van der Waals surface area contributed by atoms with Crippen LogP contribution in [0.5, 0.6) is 0 Å². The summed E-state index contributed by atoms with van der Waals surface area (Å²) in [4.78, 5) is 2.61. The van der Waals surface area contributed by atoms with Gasteiger partial charge in [-0.05, 0) is 6.92 Å². The average Bonchev–Trinajstić information content (AvgIpc) is 2.00. The molecule has 0 N–H and O–H groups in total. The maximum absolute atomic E-state index is 12.2. The Hall–Kier alpha value is -1.27. The van der Waals surface area contributed by atoms with E-state index in [2.05, 4.69) is 4.99 Å². The summed E-state index contributed by atoms with van der Waals surface area (Å²) in [5, 5.41) is 0. The Morgan fingerprint density at radius 3 is 1.93 bits per heavy atom. The SMILES string of the molecule is CC1=[C]C(C(F)(F)F)=C(C(F)(F)F)[N+]=[C]1. The summed E-state index contributed by atoms with van der Waals surface area (Å²) in [5.41, 5.74) is -4.15. The van der Waals surface area contributed by atoms with Gasteiger partial charge in [-0.3, -0.25) is 0 Å². The third-order valence-electron chi connectivity index (χ3n) is 1.44. The van der Waals surface area contributed by atoms with Crippen LogP contribution in [0.2, 0.25) is 0 Å². The van der Waals surface area contributed by atoms with Gasteiger partial charge in [-0.15, -0.1) is 0 Å². The van der Waals surface area contributed by atoms with Crippen LogP contribution in [0.3, 0.4) is 0 Å². The van der Waals surface area contributed by atoms with E-state index >= 15 is 0 Å². The second-order valence-electron chi connectivity index (χ2n) is 2.69. The number of aliphatic imine (C=N–C) groups is 1. The molecular weight excluding hydrogens is 224 g/mol. The highest BCUT2D eigenvalue weighted by molar-refractivity contribution is 5.79. The van der Waals surface area contributed by atoms with Crippen molar-refractivity contribution in [3.05, 3.63) is 22.9 Å². The van der Waals surface area contributed by atoms with E-state index in [0.717, 1.165) is 6.92 Å². The van der Waals surface area contributed by atoms with Crippen LogP contribution in [-0.2, 0) is 0 Å². The Morgan fingerprint density at radius 2 is 1.53 bits per heavy atom. The molecule has 7 heteroatoms. The van der Waals surface area contributed by atoms with Crippen LogP contribution in [0.15, 0.2) is 16.8 Å². The summed E-state index contributed by atoms with van der Waals surface area (Å²) in [6.07, 6.45) is -6.94. The summed E-state index contributed by atoms with van der Waals surface area (Å²) < 4.78 is 72.8. The Balaban J connectivity index is 3.35. The molecule has 0 unspecified atom stereocenters. The lowest BCUT2D eigenvalue weighted by molar-refractivity contribution is -0.115. The molecule has 15 heavy (non-hydrogen) atoms. The van der Waals surface area contributed by atoms with Gasteiger partial charge < -0.3 is 0 Å². The molecule has 81 valence electrons. The molecule has 0 fully saturated rings. The summed E-state index contributed by atoms with van der Waals surface area (Å²) >= 11 is 0. The molecule has 3 radical (unpaired) electrons. The van der Waals surface area contributed by atoms with Gasteiger partial charge in [0.1, 0.15) is 5.57 Å². The standard InChI is InChI=1S/C8H3F6N/c1-4-2-5(7(9,10)11)6(15-3-4)8(12,13)14/h1H3/q+1. The number of alkyl halides is 6. The molecule has 1 nitrogen and oxygen atoms in total. The van der Waals surface area contributed by atoms with Gasteiger partial charge >= 0.3 is 24.3 Å². The van der Waals surface area contributed by atoms with Crippen LogP contribution < -0.4 is 4.99 Å². The van der Waals surface area contributed by atoms with E-state index in [1.54, 1.807) is 12.3 Å². The van der Waals surface area contributed by atoms with E-state index < -0.39 is 23.6 Å². The third kappa shape index (κ3) is 2.60. The fraction of sp³-hybridized carbons (Fsp3) is 0.375. The molecule has 0 spiro atoms. The highest BCUT2D eigenvalue weighted by Crippen LogP contribution is 2.36. The minimum Gasteiger partial charge on any atom is -0.166 e. The van der Waals surface area contributed by atoms with E-state index in [-0.39, 0.29) is 5.57 Å². The van der Waals surface area contributed by atoms with E-state index in [4.69, 9.17) is 0 Å². The largest absolute Gasteiger partial charge is 0.485 e. The zero-order chi connectivity index (χ0) is 11.9. The summed E-state index contributed by atoms with van der Waals surface area (Å²) in [5.74, 6) is 0. The van der Waals surface area contributed by atoms with Crippen LogP contribution in [-0.4, -0.2) is 18.6 Å². The minimum absolute atomic E-state index is 0.227. The van der Waals surface area contributed by atoms with E-state index in [0.29, 0.717) is 0 Å². The predicted octanol–water partition coefficient (Wildman–Crippen LogP) is 2.41. The zero-order valence-electron chi connectivity index (χ0n) is 7.22. The molecule has 0 atom stereocenters. The van der Waals surface area contributed by atoms with Crippen LogP contribution in [0.4, 0.5) is 26.3 Å². The van der Waals surface area contributed by atoms with Crippen molar-refractivity contribution in [1.29, 1.82) is 0 Å². The number of hydrogen-bond donors (Lipinski definition) is 0. The second-order valence-corrected chi connectivity index (χ2v) is 2.69. The van der Waals surface area contributed by atoms with Gasteiger partial charge in [0.05, 0.1) is 4.99 Å². The molecule has 0 aromatic rings. The molecule has 1 aliphatic rings. The summed E-state index contributed by atoms with van der Waals surface area (Å²) in [6, 6.07) is 0. The highest BCUT2D eigenvalue weighted by atomic mass is 19.4. The molecule has 1 heterocycles. The Labute approximate surface area is 80.8 Å². The lowest BCUT2D eigenvalue weighted by atomic mass is 10.1. The second kappa shape index (κ2) is 3.39. The van der Waals surface area contributed by atoms with Crippen molar-refractivity contribution in [1.82, 2.24) is 4.99 Å². The van der Waals surface area contributed by atoms with Crippen LogP contribution >= 0.6 is 0 Å². The quantitative estimate of drug-likeness (QED) is 0.564. The fourth-order valence-electron chi connectivity index (χ4n) is 0.881. The molecule has 0 aromatic carbocycles. The Kier molecular flexibility index (Phi) is 2.67. The molecule has 0 saturated carbocycles. The van der Waals surface area contributed by atoms with Gasteiger partial charge in [-0.2, -0.15) is 26.3 Å². The molecule has 0 aromatic heterocycles. The number of allylic oxidation sites excluding steroid dienone is 4.